The van der Waals surface area contributed by atoms with Crippen molar-refractivity contribution in [2.45, 2.75) is 10.9 Å². The predicted octanol–water partition coefficient (Wildman–Crippen LogP) is 3.82. The minimum Gasteiger partial charge on any atom is -0.365 e. The molecule has 25 heavy (non-hydrogen) atoms. The Morgan fingerprint density at radius 2 is 2.04 bits per heavy atom. The smallest absolute Gasteiger partial charge is 0.176 e. The normalized spacial score (nSPS) is 11.1. The number of anilines is 1. The van der Waals surface area contributed by atoms with Crippen molar-refractivity contribution < 1.29 is 0 Å². The highest BCUT2D eigenvalue weighted by molar-refractivity contribution is 8.00. The molecule has 0 saturated carbocycles. The molecule has 1 N–H and O–H groups in total. The van der Waals surface area contributed by atoms with Gasteiger partial charge in [-0.15, -0.1) is 11.3 Å². The number of thioether (sulfide) groups is 1. The molecule has 1 aromatic carbocycles. The van der Waals surface area contributed by atoms with Crippen molar-refractivity contribution in [1.29, 1.82) is 0 Å². The largest absolute Gasteiger partial charge is 0.365 e. The van der Waals surface area contributed by atoms with Gasteiger partial charge in [0.25, 0.3) is 0 Å². The first-order valence-electron chi connectivity index (χ1n) is 7.72. The van der Waals surface area contributed by atoms with E-state index in [2.05, 4.69) is 37.5 Å². The zero-order valence-corrected chi connectivity index (χ0v) is 15.4. The van der Waals surface area contributed by atoms with Gasteiger partial charge in [-0.05, 0) is 6.26 Å². The summed E-state index contributed by atoms with van der Waals surface area (Å²) in [7, 11) is 1.94. The maximum atomic E-state index is 4.60. The fraction of sp³-hybridized carbons (Fsp3) is 0.176. The van der Waals surface area contributed by atoms with Gasteiger partial charge in [-0.3, -0.25) is 4.68 Å². The van der Waals surface area contributed by atoms with Crippen LogP contribution in [-0.2, 0) is 13.6 Å². The number of fused-ring (bicyclic) bond motifs is 1. The molecule has 0 spiro atoms. The van der Waals surface area contributed by atoms with Gasteiger partial charge in [0.2, 0.25) is 0 Å². The number of benzene rings is 1. The van der Waals surface area contributed by atoms with Crippen LogP contribution in [-0.4, -0.2) is 31.0 Å². The van der Waals surface area contributed by atoms with Gasteiger partial charge in [0.05, 0.1) is 5.69 Å². The Labute approximate surface area is 153 Å². The SMILES string of the molecule is CSc1nc2ncnc(NCc3cn(C)nc3-c3ccccc3)c2s1. The maximum absolute atomic E-state index is 4.60. The summed E-state index contributed by atoms with van der Waals surface area (Å²) in [4.78, 5) is 13.1. The van der Waals surface area contributed by atoms with E-state index in [-0.39, 0.29) is 0 Å². The van der Waals surface area contributed by atoms with Crippen LogP contribution in [0.2, 0.25) is 0 Å². The molecule has 0 aliphatic rings. The summed E-state index contributed by atoms with van der Waals surface area (Å²) in [5.41, 5.74) is 3.95. The highest BCUT2D eigenvalue weighted by atomic mass is 32.2. The van der Waals surface area contributed by atoms with Gasteiger partial charge in [-0.25, -0.2) is 15.0 Å². The molecule has 126 valence electrons. The van der Waals surface area contributed by atoms with Crippen LogP contribution in [0.3, 0.4) is 0 Å². The van der Waals surface area contributed by atoms with Gasteiger partial charge in [0.1, 0.15) is 16.8 Å². The van der Waals surface area contributed by atoms with Crippen LogP contribution in [0, 0.1) is 0 Å². The lowest BCUT2D eigenvalue weighted by Gasteiger charge is -2.06. The van der Waals surface area contributed by atoms with E-state index in [1.165, 1.54) is 0 Å². The maximum Gasteiger partial charge on any atom is 0.176 e. The van der Waals surface area contributed by atoms with Crippen LogP contribution in [0.5, 0.6) is 0 Å². The Hall–Kier alpha value is -2.45. The average molecular weight is 368 g/mol. The minimum absolute atomic E-state index is 0.636. The van der Waals surface area contributed by atoms with Crippen LogP contribution in [0.4, 0.5) is 5.82 Å². The number of hydrogen-bond donors (Lipinski definition) is 1. The van der Waals surface area contributed by atoms with Gasteiger partial charge in [0.15, 0.2) is 9.99 Å². The molecule has 4 aromatic rings. The lowest BCUT2D eigenvalue weighted by atomic mass is 10.1. The Bertz CT molecular complexity index is 1010. The number of aryl methyl sites for hydroxylation is 1. The number of nitrogens with zero attached hydrogens (tertiary/aromatic N) is 5. The summed E-state index contributed by atoms with van der Waals surface area (Å²) in [5, 5.41) is 8.03. The van der Waals surface area contributed by atoms with Crippen molar-refractivity contribution in [2.75, 3.05) is 11.6 Å². The molecular weight excluding hydrogens is 352 g/mol. The molecule has 0 aliphatic heterocycles. The standard InChI is InChI=1S/C17H16N6S2/c1-23-9-12(13(22-23)11-6-4-3-5-7-11)8-18-15-14-16(20-10-19-15)21-17(24-2)25-14/h3-7,9-10H,8H2,1-2H3,(H,18,19,20). The van der Waals surface area contributed by atoms with Crippen LogP contribution in [0.25, 0.3) is 21.6 Å². The zero-order valence-electron chi connectivity index (χ0n) is 13.8. The predicted molar refractivity (Wildman–Crippen MR) is 103 cm³/mol. The Kier molecular flexibility index (Phi) is 4.37. The van der Waals surface area contributed by atoms with E-state index in [9.17, 15) is 0 Å². The minimum atomic E-state index is 0.636. The Morgan fingerprint density at radius 1 is 1.20 bits per heavy atom. The van der Waals surface area contributed by atoms with Crippen molar-refractivity contribution in [3.05, 3.63) is 48.4 Å². The van der Waals surface area contributed by atoms with E-state index < -0.39 is 0 Å². The lowest BCUT2D eigenvalue weighted by Crippen LogP contribution is -2.02. The molecule has 0 bridgehead atoms. The van der Waals surface area contributed by atoms with Crippen LogP contribution in [0.15, 0.2) is 47.2 Å². The average Bonchev–Trinajstić information content (AvgIpc) is 3.24. The first-order chi connectivity index (χ1) is 12.2. The molecule has 6 nitrogen and oxygen atoms in total. The molecule has 4 rings (SSSR count). The van der Waals surface area contributed by atoms with Crippen LogP contribution < -0.4 is 5.32 Å². The topological polar surface area (TPSA) is 68.5 Å². The monoisotopic (exact) mass is 368 g/mol. The molecule has 0 aliphatic carbocycles. The molecule has 0 radical (unpaired) electrons. The molecule has 8 heteroatoms. The molecule has 3 aromatic heterocycles. The Morgan fingerprint density at radius 3 is 2.84 bits per heavy atom. The molecule has 0 fully saturated rings. The second kappa shape index (κ2) is 6.81. The number of hydrogen-bond acceptors (Lipinski definition) is 7. The van der Waals surface area contributed by atoms with Crippen molar-refractivity contribution in [3.63, 3.8) is 0 Å². The number of thiazole rings is 1. The van der Waals surface area contributed by atoms with Gasteiger partial charge in [-0.2, -0.15) is 5.10 Å². The summed E-state index contributed by atoms with van der Waals surface area (Å²) < 4.78 is 3.81. The van der Waals surface area contributed by atoms with Crippen molar-refractivity contribution in [1.82, 2.24) is 24.7 Å². The second-order valence-corrected chi connectivity index (χ2v) is 7.51. The summed E-state index contributed by atoms with van der Waals surface area (Å²) in [6, 6.07) is 10.2. The molecular formula is C17H16N6S2. The van der Waals surface area contributed by atoms with E-state index in [1.54, 1.807) is 29.4 Å². The van der Waals surface area contributed by atoms with E-state index in [0.717, 1.165) is 37.3 Å². The fourth-order valence-electron chi connectivity index (χ4n) is 2.63. The first-order valence-corrected chi connectivity index (χ1v) is 9.76. The van der Waals surface area contributed by atoms with E-state index in [4.69, 9.17) is 0 Å². The summed E-state index contributed by atoms with van der Waals surface area (Å²) in [6.45, 7) is 0.636. The quantitative estimate of drug-likeness (QED) is 0.540. The van der Waals surface area contributed by atoms with Gasteiger partial charge in [-0.1, -0.05) is 42.1 Å². The third-order valence-electron chi connectivity index (χ3n) is 3.74. The second-order valence-electron chi connectivity index (χ2n) is 5.46. The molecule has 3 heterocycles. The van der Waals surface area contributed by atoms with Crippen LogP contribution in [0.1, 0.15) is 5.56 Å². The lowest BCUT2D eigenvalue weighted by molar-refractivity contribution is 0.770. The molecule has 0 saturated heterocycles. The first kappa shape index (κ1) is 16.0. The Balaban J connectivity index is 1.63. The van der Waals surface area contributed by atoms with E-state index in [1.807, 2.05) is 42.4 Å². The van der Waals surface area contributed by atoms with Gasteiger partial charge >= 0.3 is 0 Å². The van der Waals surface area contributed by atoms with Crippen molar-refractivity contribution in [3.8, 4) is 11.3 Å². The van der Waals surface area contributed by atoms with Gasteiger partial charge in [0, 0.05) is 30.9 Å². The molecule has 0 atom stereocenters. The fourth-order valence-corrected chi connectivity index (χ4v) is 4.11. The third kappa shape index (κ3) is 3.22. The van der Waals surface area contributed by atoms with Crippen molar-refractivity contribution >= 4 is 39.3 Å². The third-order valence-corrected chi connectivity index (χ3v) is 5.78. The van der Waals surface area contributed by atoms with Crippen LogP contribution >= 0.6 is 23.1 Å². The molecule has 0 amide bonds. The number of aromatic nitrogens is 5. The summed E-state index contributed by atoms with van der Waals surface area (Å²) in [5.74, 6) is 0.811. The summed E-state index contributed by atoms with van der Waals surface area (Å²) >= 11 is 3.23. The number of rotatable bonds is 5. The van der Waals surface area contributed by atoms with Crippen molar-refractivity contribution in [2.24, 2.45) is 7.05 Å². The highest BCUT2D eigenvalue weighted by Crippen LogP contribution is 2.31. The highest BCUT2D eigenvalue weighted by Gasteiger charge is 2.13. The molecule has 0 unspecified atom stereocenters. The van der Waals surface area contributed by atoms with E-state index >= 15 is 0 Å². The summed E-state index contributed by atoms with van der Waals surface area (Å²) in [6.07, 6.45) is 5.60. The zero-order chi connectivity index (χ0) is 17.2. The van der Waals surface area contributed by atoms with Gasteiger partial charge < -0.3 is 5.32 Å². The number of nitrogens with one attached hydrogen (secondary N) is 1. The van der Waals surface area contributed by atoms with E-state index in [0.29, 0.717) is 6.54 Å².